The summed E-state index contributed by atoms with van der Waals surface area (Å²) < 4.78 is 15.8. The third-order valence-electron chi connectivity index (χ3n) is 3.92. The number of hydrogen-bond donors (Lipinski definition) is 3. The molecule has 1 aromatic carbocycles. The Hall–Kier alpha value is -1.99. The van der Waals surface area contributed by atoms with E-state index in [-0.39, 0.29) is 18.9 Å². The van der Waals surface area contributed by atoms with Gasteiger partial charge in [-0.3, -0.25) is 4.79 Å². The van der Waals surface area contributed by atoms with Crippen molar-refractivity contribution in [3.8, 4) is 17.2 Å². The summed E-state index contributed by atoms with van der Waals surface area (Å²) in [5.41, 5.74) is -0.112. The van der Waals surface area contributed by atoms with Gasteiger partial charge >= 0.3 is 0 Å². The van der Waals surface area contributed by atoms with E-state index in [1.54, 1.807) is 12.1 Å². The Balaban J connectivity index is 2.02. The Kier molecular flexibility index (Phi) is 5.68. The van der Waals surface area contributed by atoms with E-state index in [0.717, 1.165) is 12.1 Å². The second-order valence-corrected chi connectivity index (χ2v) is 5.64. The maximum Gasteiger partial charge on any atom is 0.224 e. The first-order chi connectivity index (χ1) is 11.0. The summed E-state index contributed by atoms with van der Waals surface area (Å²) >= 11 is 0. The van der Waals surface area contributed by atoms with Crippen LogP contribution in [0.4, 0.5) is 0 Å². The van der Waals surface area contributed by atoms with Crippen LogP contribution in [0.15, 0.2) is 12.1 Å². The number of β-amino-alcohol motifs (C(OH)–C–C–N with tert-alkyl or cyclic N) is 1. The van der Waals surface area contributed by atoms with E-state index >= 15 is 0 Å². The van der Waals surface area contributed by atoms with Gasteiger partial charge in [0.25, 0.3) is 0 Å². The van der Waals surface area contributed by atoms with Crippen LogP contribution in [0.5, 0.6) is 17.2 Å². The lowest BCUT2D eigenvalue weighted by Crippen LogP contribution is -2.44. The molecule has 2 rings (SSSR count). The molecule has 0 spiro atoms. The zero-order valence-corrected chi connectivity index (χ0v) is 13.8. The largest absolute Gasteiger partial charge is 0.493 e. The predicted molar refractivity (Wildman–Crippen MR) is 85.2 cm³/mol. The van der Waals surface area contributed by atoms with E-state index in [2.05, 4.69) is 10.6 Å². The Morgan fingerprint density at radius 3 is 2.39 bits per heavy atom. The monoisotopic (exact) mass is 324 g/mol. The smallest absolute Gasteiger partial charge is 0.224 e. The summed E-state index contributed by atoms with van der Waals surface area (Å²) in [7, 11) is 4.59. The lowest BCUT2D eigenvalue weighted by Gasteiger charge is -2.21. The summed E-state index contributed by atoms with van der Waals surface area (Å²) in [5, 5.41) is 16.1. The van der Waals surface area contributed by atoms with Crippen LogP contribution >= 0.6 is 0 Å². The molecule has 1 saturated heterocycles. The molecule has 0 unspecified atom stereocenters. The molecule has 23 heavy (non-hydrogen) atoms. The molecule has 3 N–H and O–H groups in total. The minimum Gasteiger partial charge on any atom is -0.493 e. The Morgan fingerprint density at radius 1 is 1.26 bits per heavy atom. The Labute approximate surface area is 135 Å². The van der Waals surface area contributed by atoms with Crippen LogP contribution in [0.1, 0.15) is 12.0 Å². The summed E-state index contributed by atoms with van der Waals surface area (Å²) in [6.07, 6.45) is 0.803. The molecular weight excluding hydrogens is 300 g/mol. The number of ether oxygens (including phenoxy) is 3. The molecule has 7 nitrogen and oxygen atoms in total. The van der Waals surface area contributed by atoms with Gasteiger partial charge in [0.15, 0.2) is 11.5 Å². The molecule has 1 aliphatic rings. The van der Waals surface area contributed by atoms with Gasteiger partial charge in [0.2, 0.25) is 11.7 Å². The molecular formula is C16H24N2O5. The highest BCUT2D eigenvalue weighted by Crippen LogP contribution is 2.38. The van der Waals surface area contributed by atoms with Gasteiger partial charge in [0, 0.05) is 13.1 Å². The molecule has 0 radical (unpaired) electrons. The number of benzene rings is 1. The first kappa shape index (κ1) is 17.4. The highest BCUT2D eigenvalue weighted by atomic mass is 16.5. The van der Waals surface area contributed by atoms with Gasteiger partial charge in [-0.05, 0) is 30.7 Å². The molecule has 7 heteroatoms. The van der Waals surface area contributed by atoms with Gasteiger partial charge in [-0.25, -0.2) is 0 Å². The fourth-order valence-electron chi connectivity index (χ4n) is 2.63. The van der Waals surface area contributed by atoms with Gasteiger partial charge in [0.05, 0.1) is 33.4 Å². The minimum absolute atomic E-state index is 0.167. The fraction of sp³-hybridized carbons (Fsp3) is 0.562. The van der Waals surface area contributed by atoms with Crippen LogP contribution < -0.4 is 24.8 Å². The van der Waals surface area contributed by atoms with Gasteiger partial charge in [0.1, 0.15) is 0 Å². The lowest BCUT2D eigenvalue weighted by molar-refractivity contribution is -0.121. The number of hydrogen-bond acceptors (Lipinski definition) is 6. The average molecular weight is 324 g/mol. The zero-order valence-electron chi connectivity index (χ0n) is 13.8. The van der Waals surface area contributed by atoms with E-state index in [0.29, 0.717) is 30.2 Å². The number of methoxy groups -OCH3 is 3. The Morgan fingerprint density at radius 2 is 1.91 bits per heavy atom. The summed E-state index contributed by atoms with van der Waals surface area (Å²) in [4.78, 5) is 12.1. The topological polar surface area (TPSA) is 89.1 Å². The number of amides is 1. The normalized spacial score (nSPS) is 20.2. The summed E-state index contributed by atoms with van der Waals surface area (Å²) in [6.45, 7) is 1.50. The number of rotatable bonds is 7. The summed E-state index contributed by atoms with van der Waals surface area (Å²) in [6, 6.07) is 3.49. The third-order valence-corrected chi connectivity index (χ3v) is 3.92. The molecule has 0 aromatic heterocycles. The van der Waals surface area contributed by atoms with Crippen LogP contribution in [-0.4, -0.2) is 57.6 Å². The maximum atomic E-state index is 12.1. The van der Waals surface area contributed by atoms with E-state index < -0.39 is 5.60 Å². The van der Waals surface area contributed by atoms with Gasteiger partial charge in [-0.1, -0.05) is 0 Å². The molecule has 0 saturated carbocycles. The predicted octanol–water partition coefficient (Wildman–Crippen LogP) is 0.0955. The standard InChI is InChI=1S/C16H24N2O5/c1-21-12-6-11(7-13(22-2)15(12)23-3)8-14(19)18-10-16(20)4-5-17-9-16/h6-7,17,20H,4-5,8-10H2,1-3H3,(H,18,19)/t16-/m0/s1. The SMILES string of the molecule is COc1cc(CC(=O)NC[C@]2(O)CCNC2)cc(OC)c1OC. The molecule has 1 heterocycles. The van der Waals surface area contributed by atoms with Crippen molar-refractivity contribution in [1.29, 1.82) is 0 Å². The minimum atomic E-state index is -0.856. The first-order valence-electron chi connectivity index (χ1n) is 7.50. The van der Waals surface area contributed by atoms with E-state index in [9.17, 15) is 9.90 Å². The zero-order chi connectivity index (χ0) is 16.9. The second kappa shape index (κ2) is 7.52. The van der Waals surface area contributed by atoms with Crippen molar-refractivity contribution in [3.63, 3.8) is 0 Å². The van der Waals surface area contributed by atoms with E-state index in [1.807, 2.05) is 0 Å². The van der Waals surface area contributed by atoms with Gasteiger partial charge in [-0.2, -0.15) is 0 Å². The molecule has 1 fully saturated rings. The van der Waals surface area contributed by atoms with Gasteiger partial charge in [-0.15, -0.1) is 0 Å². The Bertz CT molecular complexity index is 530. The lowest BCUT2D eigenvalue weighted by atomic mass is 10.0. The molecule has 1 amide bonds. The first-order valence-corrected chi connectivity index (χ1v) is 7.50. The molecule has 0 bridgehead atoms. The van der Waals surface area contributed by atoms with Crippen LogP contribution in [-0.2, 0) is 11.2 Å². The van der Waals surface area contributed by atoms with Gasteiger partial charge < -0.3 is 30.0 Å². The van der Waals surface area contributed by atoms with Crippen molar-refractivity contribution in [1.82, 2.24) is 10.6 Å². The maximum absolute atomic E-state index is 12.1. The number of nitrogens with one attached hydrogen (secondary N) is 2. The second-order valence-electron chi connectivity index (χ2n) is 5.64. The molecule has 1 atom stereocenters. The average Bonchev–Trinajstić information content (AvgIpc) is 2.99. The third kappa shape index (κ3) is 4.27. The molecule has 128 valence electrons. The molecule has 1 aliphatic heterocycles. The van der Waals surface area contributed by atoms with Crippen LogP contribution in [0.25, 0.3) is 0 Å². The number of carbonyl (C=O) groups is 1. The van der Waals surface area contributed by atoms with Crippen molar-refractivity contribution in [2.45, 2.75) is 18.4 Å². The van der Waals surface area contributed by atoms with Crippen LogP contribution in [0.3, 0.4) is 0 Å². The number of aliphatic hydroxyl groups is 1. The van der Waals surface area contributed by atoms with Crippen molar-refractivity contribution in [2.24, 2.45) is 0 Å². The molecule has 1 aromatic rings. The van der Waals surface area contributed by atoms with Crippen molar-refractivity contribution < 1.29 is 24.1 Å². The van der Waals surface area contributed by atoms with E-state index in [4.69, 9.17) is 14.2 Å². The van der Waals surface area contributed by atoms with Crippen LogP contribution in [0.2, 0.25) is 0 Å². The molecule has 0 aliphatic carbocycles. The van der Waals surface area contributed by atoms with Crippen LogP contribution in [0, 0.1) is 0 Å². The number of carbonyl (C=O) groups excluding carboxylic acids is 1. The van der Waals surface area contributed by atoms with E-state index in [1.165, 1.54) is 21.3 Å². The van der Waals surface area contributed by atoms with Crippen molar-refractivity contribution >= 4 is 5.91 Å². The quantitative estimate of drug-likeness (QED) is 0.659. The highest BCUT2D eigenvalue weighted by molar-refractivity contribution is 5.79. The van der Waals surface area contributed by atoms with Crippen molar-refractivity contribution in [2.75, 3.05) is 41.0 Å². The fourth-order valence-corrected chi connectivity index (χ4v) is 2.63. The summed E-state index contributed by atoms with van der Waals surface area (Å²) in [5.74, 6) is 1.34. The van der Waals surface area contributed by atoms with Crippen molar-refractivity contribution in [3.05, 3.63) is 17.7 Å². The highest BCUT2D eigenvalue weighted by Gasteiger charge is 2.31.